The van der Waals surface area contributed by atoms with Gasteiger partial charge in [0.05, 0.1) is 10.5 Å². The van der Waals surface area contributed by atoms with Gasteiger partial charge in [0.2, 0.25) is 5.91 Å². The minimum absolute atomic E-state index is 0.166. The van der Waals surface area contributed by atoms with Crippen molar-refractivity contribution in [2.45, 2.75) is 45.1 Å². The van der Waals surface area contributed by atoms with E-state index in [0.717, 1.165) is 43.9 Å². The number of thiophene rings is 1. The predicted molar refractivity (Wildman–Crippen MR) is 92.5 cm³/mol. The Balaban J connectivity index is 1.80. The Kier molecular flexibility index (Phi) is 4.81. The van der Waals surface area contributed by atoms with Crippen molar-refractivity contribution in [3.05, 3.63) is 38.5 Å². The van der Waals surface area contributed by atoms with E-state index in [1.807, 2.05) is 0 Å². The standard InChI is InChI=1S/C16H17N5O3S/c1-10(20-9-11(8-18-20)21(23)24)15(22)19-16-13(7-17)12-5-3-2-4-6-14(12)25-16/h8-10H,2-6H2,1H3,(H,19,22)/t10-/m0/s1. The number of aryl methyl sites for hydroxylation is 1. The van der Waals surface area contributed by atoms with Gasteiger partial charge in [0.1, 0.15) is 29.5 Å². The Labute approximate surface area is 148 Å². The predicted octanol–water partition coefficient (Wildman–Crippen LogP) is 3.19. The monoisotopic (exact) mass is 359 g/mol. The fourth-order valence-electron chi connectivity index (χ4n) is 2.92. The van der Waals surface area contributed by atoms with Gasteiger partial charge in [0.25, 0.3) is 0 Å². The second-order valence-electron chi connectivity index (χ2n) is 5.98. The summed E-state index contributed by atoms with van der Waals surface area (Å²) >= 11 is 1.46. The van der Waals surface area contributed by atoms with Gasteiger partial charge in [-0.2, -0.15) is 10.4 Å². The number of carbonyl (C=O) groups excluding carboxylic acids is 1. The van der Waals surface area contributed by atoms with Crippen molar-refractivity contribution < 1.29 is 9.72 Å². The first-order valence-corrected chi connectivity index (χ1v) is 8.87. The number of carbonyl (C=O) groups is 1. The molecule has 2 aromatic rings. The number of fused-ring (bicyclic) bond motifs is 1. The molecule has 9 heteroatoms. The van der Waals surface area contributed by atoms with E-state index in [4.69, 9.17) is 0 Å². The molecule has 1 N–H and O–H groups in total. The molecule has 1 atom stereocenters. The Hall–Kier alpha value is -2.73. The molecule has 0 unspecified atom stereocenters. The molecular weight excluding hydrogens is 342 g/mol. The summed E-state index contributed by atoms with van der Waals surface area (Å²) in [5, 5.41) is 27.5. The Bertz CT molecular complexity index is 864. The lowest BCUT2D eigenvalue weighted by Gasteiger charge is -2.11. The van der Waals surface area contributed by atoms with Crippen LogP contribution in [0.4, 0.5) is 10.7 Å². The summed E-state index contributed by atoms with van der Waals surface area (Å²) in [6.45, 7) is 1.61. The zero-order valence-corrected chi connectivity index (χ0v) is 14.5. The normalized spacial score (nSPS) is 14.9. The maximum absolute atomic E-state index is 12.5. The highest BCUT2D eigenvalue weighted by Gasteiger charge is 2.24. The Morgan fingerprint density at radius 1 is 1.48 bits per heavy atom. The molecule has 0 fully saturated rings. The second-order valence-corrected chi connectivity index (χ2v) is 7.09. The van der Waals surface area contributed by atoms with Crippen molar-refractivity contribution in [1.29, 1.82) is 5.26 Å². The summed E-state index contributed by atoms with van der Waals surface area (Å²) in [4.78, 5) is 23.9. The molecule has 25 heavy (non-hydrogen) atoms. The number of hydrogen-bond donors (Lipinski definition) is 1. The lowest BCUT2D eigenvalue weighted by molar-refractivity contribution is -0.385. The van der Waals surface area contributed by atoms with Crippen LogP contribution in [0, 0.1) is 21.4 Å². The van der Waals surface area contributed by atoms with Gasteiger partial charge in [-0.1, -0.05) is 6.42 Å². The van der Waals surface area contributed by atoms with Crippen LogP contribution in [0.2, 0.25) is 0 Å². The van der Waals surface area contributed by atoms with Crippen molar-refractivity contribution in [3.63, 3.8) is 0 Å². The first-order chi connectivity index (χ1) is 12.0. The first kappa shape index (κ1) is 17.1. The van der Waals surface area contributed by atoms with Gasteiger partial charge >= 0.3 is 5.69 Å². The average Bonchev–Trinajstić information content (AvgIpc) is 3.13. The van der Waals surface area contributed by atoms with E-state index < -0.39 is 11.0 Å². The summed E-state index contributed by atoms with van der Waals surface area (Å²) in [7, 11) is 0. The molecule has 3 rings (SSSR count). The lowest BCUT2D eigenvalue weighted by Crippen LogP contribution is -2.24. The zero-order valence-electron chi connectivity index (χ0n) is 13.7. The molecule has 0 saturated heterocycles. The van der Waals surface area contributed by atoms with Crippen molar-refractivity contribution in [3.8, 4) is 6.07 Å². The van der Waals surface area contributed by atoms with Gasteiger partial charge in [0.15, 0.2) is 0 Å². The van der Waals surface area contributed by atoms with E-state index in [-0.39, 0.29) is 11.6 Å². The molecule has 1 amide bonds. The van der Waals surface area contributed by atoms with E-state index in [0.29, 0.717) is 10.6 Å². The number of amides is 1. The summed E-state index contributed by atoms with van der Waals surface area (Å²) in [6.07, 6.45) is 7.44. The largest absolute Gasteiger partial charge is 0.315 e. The highest BCUT2D eigenvalue weighted by atomic mass is 32.1. The topological polar surface area (TPSA) is 114 Å². The molecule has 130 valence electrons. The number of nitrogens with zero attached hydrogens (tertiary/aromatic N) is 4. The van der Waals surface area contributed by atoms with Crippen LogP contribution in [0.3, 0.4) is 0 Å². The van der Waals surface area contributed by atoms with Crippen molar-refractivity contribution in [2.24, 2.45) is 0 Å². The Morgan fingerprint density at radius 2 is 2.24 bits per heavy atom. The van der Waals surface area contributed by atoms with Crippen molar-refractivity contribution >= 4 is 27.9 Å². The molecule has 0 bridgehead atoms. The van der Waals surface area contributed by atoms with Gasteiger partial charge in [-0.3, -0.25) is 19.6 Å². The molecule has 0 spiro atoms. The molecule has 8 nitrogen and oxygen atoms in total. The van der Waals surface area contributed by atoms with Crippen LogP contribution in [-0.2, 0) is 17.6 Å². The fourth-order valence-corrected chi connectivity index (χ4v) is 4.16. The van der Waals surface area contributed by atoms with Crippen LogP contribution >= 0.6 is 11.3 Å². The van der Waals surface area contributed by atoms with Crippen LogP contribution in [0.1, 0.15) is 48.2 Å². The van der Waals surface area contributed by atoms with E-state index in [1.165, 1.54) is 27.1 Å². The van der Waals surface area contributed by atoms with E-state index in [9.17, 15) is 20.2 Å². The molecule has 0 aromatic carbocycles. The fraction of sp³-hybridized carbons (Fsp3) is 0.438. The molecule has 2 aromatic heterocycles. The van der Waals surface area contributed by atoms with Gasteiger partial charge in [-0.05, 0) is 38.2 Å². The third-order valence-corrected chi connectivity index (χ3v) is 5.55. The zero-order chi connectivity index (χ0) is 18.0. The molecule has 0 radical (unpaired) electrons. The van der Waals surface area contributed by atoms with Gasteiger partial charge in [-0.15, -0.1) is 11.3 Å². The summed E-state index contributed by atoms with van der Waals surface area (Å²) in [5.41, 5.74) is 1.44. The average molecular weight is 359 g/mol. The van der Waals surface area contributed by atoms with Crippen LogP contribution in [0.25, 0.3) is 0 Å². The molecule has 1 aliphatic carbocycles. The van der Waals surface area contributed by atoms with E-state index in [1.54, 1.807) is 6.92 Å². The minimum Gasteiger partial charge on any atom is -0.315 e. The number of anilines is 1. The highest BCUT2D eigenvalue weighted by molar-refractivity contribution is 7.16. The first-order valence-electron chi connectivity index (χ1n) is 8.05. The maximum atomic E-state index is 12.5. The SMILES string of the molecule is C[C@@H](C(=O)Nc1sc2c(c1C#N)CCCCC2)n1cc([N+](=O)[O-])cn1. The summed E-state index contributed by atoms with van der Waals surface area (Å²) in [5.74, 6) is -0.356. The van der Waals surface area contributed by atoms with Gasteiger partial charge in [0, 0.05) is 4.88 Å². The Morgan fingerprint density at radius 3 is 2.92 bits per heavy atom. The number of nitrogens with one attached hydrogen (secondary N) is 1. The van der Waals surface area contributed by atoms with Gasteiger partial charge < -0.3 is 5.32 Å². The molecular formula is C16H17N5O3S. The number of nitriles is 1. The lowest BCUT2D eigenvalue weighted by atomic mass is 10.1. The molecule has 0 aliphatic heterocycles. The van der Waals surface area contributed by atoms with Crippen LogP contribution in [-0.4, -0.2) is 20.6 Å². The quantitative estimate of drug-likeness (QED) is 0.511. The number of rotatable bonds is 4. The second kappa shape index (κ2) is 7.03. The highest BCUT2D eigenvalue weighted by Crippen LogP contribution is 2.37. The van der Waals surface area contributed by atoms with Crippen LogP contribution < -0.4 is 5.32 Å². The smallest absolute Gasteiger partial charge is 0.307 e. The van der Waals surface area contributed by atoms with Crippen LogP contribution in [0.5, 0.6) is 0 Å². The summed E-state index contributed by atoms with van der Waals surface area (Å²) < 4.78 is 1.25. The third-order valence-electron chi connectivity index (χ3n) is 4.34. The van der Waals surface area contributed by atoms with E-state index >= 15 is 0 Å². The number of nitro groups is 1. The van der Waals surface area contributed by atoms with E-state index in [2.05, 4.69) is 16.5 Å². The number of aromatic nitrogens is 2. The molecule has 2 heterocycles. The van der Waals surface area contributed by atoms with Crippen LogP contribution in [0.15, 0.2) is 12.4 Å². The van der Waals surface area contributed by atoms with Crippen molar-refractivity contribution in [2.75, 3.05) is 5.32 Å². The molecule has 1 aliphatic rings. The maximum Gasteiger partial charge on any atom is 0.307 e. The molecule has 0 saturated carbocycles. The minimum atomic E-state index is -0.720. The summed E-state index contributed by atoms with van der Waals surface area (Å²) in [6, 6.07) is 1.50. The number of hydrogen-bond acceptors (Lipinski definition) is 6. The van der Waals surface area contributed by atoms with Crippen molar-refractivity contribution in [1.82, 2.24) is 9.78 Å². The third kappa shape index (κ3) is 3.39. The van der Waals surface area contributed by atoms with Gasteiger partial charge in [-0.25, -0.2) is 0 Å².